The molecule has 0 aliphatic carbocycles. The summed E-state index contributed by atoms with van der Waals surface area (Å²) >= 11 is 0. The van der Waals surface area contributed by atoms with Gasteiger partial charge in [-0.05, 0) is 24.5 Å². The molecule has 1 unspecified atom stereocenters. The maximum atomic E-state index is 12.6. The lowest BCUT2D eigenvalue weighted by Gasteiger charge is -2.30. The molecule has 1 aliphatic heterocycles. The van der Waals surface area contributed by atoms with Crippen LogP contribution in [-0.2, 0) is 11.2 Å². The molecule has 4 nitrogen and oxygen atoms in total. The summed E-state index contributed by atoms with van der Waals surface area (Å²) in [5.41, 5.74) is 1.10. The van der Waals surface area contributed by atoms with E-state index in [1.165, 1.54) is 0 Å². The van der Waals surface area contributed by atoms with E-state index >= 15 is 0 Å². The first-order valence-corrected chi connectivity index (χ1v) is 7.86. The van der Waals surface area contributed by atoms with Crippen LogP contribution in [0.1, 0.15) is 31.7 Å². The fraction of sp³-hybridized carbons (Fsp3) is 0.588. The second-order valence-corrected chi connectivity index (χ2v) is 5.58. The quantitative estimate of drug-likeness (QED) is 0.784. The van der Waals surface area contributed by atoms with Gasteiger partial charge in [-0.25, -0.2) is 0 Å². The van der Waals surface area contributed by atoms with Gasteiger partial charge in [0.25, 0.3) is 0 Å². The van der Waals surface area contributed by atoms with E-state index in [0.717, 1.165) is 43.5 Å². The standard InChI is InChI=1S/C17H25NO3/c1-2-3-6-9-18(10-11-19)17(20)15-12-14-7-4-5-8-16(14)21-13-15/h4-5,7-8,15,19H,2-3,6,9-13H2,1H3. The van der Waals surface area contributed by atoms with Crippen LogP contribution in [0.5, 0.6) is 5.75 Å². The summed E-state index contributed by atoms with van der Waals surface area (Å²) in [6.07, 6.45) is 3.96. The number of aliphatic hydroxyl groups is 1. The van der Waals surface area contributed by atoms with Crippen molar-refractivity contribution in [2.75, 3.05) is 26.3 Å². The minimum absolute atomic E-state index is 0.0159. The summed E-state index contributed by atoms with van der Waals surface area (Å²) < 4.78 is 5.70. The minimum atomic E-state index is -0.131. The largest absolute Gasteiger partial charge is 0.492 e. The molecule has 2 rings (SSSR count). The zero-order valence-electron chi connectivity index (χ0n) is 12.8. The number of hydrogen-bond acceptors (Lipinski definition) is 3. The van der Waals surface area contributed by atoms with Gasteiger partial charge in [0.15, 0.2) is 0 Å². The fourth-order valence-electron chi connectivity index (χ4n) is 2.75. The Kier molecular flexibility index (Phi) is 6.05. The van der Waals surface area contributed by atoms with Crippen LogP contribution in [0.15, 0.2) is 24.3 Å². The molecule has 0 saturated heterocycles. The highest BCUT2D eigenvalue weighted by atomic mass is 16.5. The summed E-state index contributed by atoms with van der Waals surface area (Å²) in [5.74, 6) is 0.865. The van der Waals surface area contributed by atoms with Gasteiger partial charge in [0, 0.05) is 13.1 Å². The topological polar surface area (TPSA) is 49.8 Å². The first-order valence-electron chi connectivity index (χ1n) is 7.86. The number of rotatable bonds is 7. The number of amides is 1. The van der Waals surface area contributed by atoms with E-state index in [9.17, 15) is 9.90 Å². The first-order chi connectivity index (χ1) is 10.3. The van der Waals surface area contributed by atoms with Crippen LogP contribution in [0.4, 0.5) is 0 Å². The Balaban J connectivity index is 1.97. The molecule has 116 valence electrons. The van der Waals surface area contributed by atoms with Crippen LogP contribution < -0.4 is 4.74 Å². The lowest BCUT2D eigenvalue weighted by Crippen LogP contribution is -2.42. The smallest absolute Gasteiger partial charge is 0.229 e. The van der Waals surface area contributed by atoms with Crippen molar-refractivity contribution in [1.29, 1.82) is 0 Å². The third kappa shape index (κ3) is 4.21. The summed E-state index contributed by atoms with van der Waals surface area (Å²) in [4.78, 5) is 14.4. The summed E-state index contributed by atoms with van der Waals surface area (Å²) in [6, 6.07) is 7.89. The predicted molar refractivity (Wildman–Crippen MR) is 82.3 cm³/mol. The van der Waals surface area contributed by atoms with Crippen molar-refractivity contribution in [2.45, 2.75) is 32.6 Å². The maximum Gasteiger partial charge on any atom is 0.229 e. The zero-order valence-corrected chi connectivity index (χ0v) is 12.8. The van der Waals surface area contributed by atoms with E-state index in [2.05, 4.69) is 6.92 Å². The Hall–Kier alpha value is -1.55. The Morgan fingerprint density at radius 1 is 1.33 bits per heavy atom. The van der Waals surface area contributed by atoms with E-state index in [-0.39, 0.29) is 18.4 Å². The molecule has 4 heteroatoms. The average Bonchev–Trinajstić information content (AvgIpc) is 2.53. The molecule has 21 heavy (non-hydrogen) atoms. The number of benzene rings is 1. The average molecular weight is 291 g/mol. The monoisotopic (exact) mass is 291 g/mol. The molecule has 0 radical (unpaired) electrons. The second kappa shape index (κ2) is 8.03. The van der Waals surface area contributed by atoms with Gasteiger partial charge in [-0.2, -0.15) is 0 Å². The highest BCUT2D eigenvalue weighted by Gasteiger charge is 2.29. The Morgan fingerprint density at radius 3 is 2.90 bits per heavy atom. The van der Waals surface area contributed by atoms with Crippen molar-refractivity contribution < 1.29 is 14.6 Å². The molecular formula is C17H25NO3. The molecule has 0 saturated carbocycles. The van der Waals surface area contributed by atoms with Crippen molar-refractivity contribution in [2.24, 2.45) is 5.92 Å². The van der Waals surface area contributed by atoms with Crippen LogP contribution in [0.25, 0.3) is 0 Å². The number of nitrogens with zero attached hydrogens (tertiary/aromatic N) is 1. The van der Waals surface area contributed by atoms with E-state index < -0.39 is 0 Å². The number of carbonyl (C=O) groups is 1. The number of ether oxygens (including phenoxy) is 1. The molecule has 0 aromatic heterocycles. The lowest BCUT2D eigenvalue weighted by atomic mass is 9.95. The normalized spacial score (nSPS) is 17.0. The van der Waals surface area contributed by atoms with Gasteiger partial charge < -0.3 is 14.7 Å². The van der Waals surface area contributed by atoms with Gasteiger partial charge >= 0.3 is 0 Å². The van der Waals surface area contributed by atoms with E-state index in [4.69, 9.17) is 4.74 Å². The summed E-state index contributed by atoms with van der Waals surface area (Å²) in [5, 5.41) is 9.17. The molecule has 0 spiro atoms. The molecule has 0 fully saturated rings. The van der Waals surface area contributed by atoms with E-state index in [1.807, 2.05) is 24.3 Å². The molecule has 0 bridgehead atoms. The van der Waals surface area contributed by atoms with Gasteiger partial charge in [-0.1, -0.05) is 38.0 Å². The molecular weight excluding hydrogens is 266 g/mol. The van der Waals surface area contributed by atoms with Crippen LogP contribution in [-0.4, -0.2) is 42.2 Å². The molecule has 1 aromatic carbocycles. The molecule has 1 heterocycles. The molecule has 1 amide bonds. The summed E-state index contributed by atoms with van der Waals surface area (Å²) in [6.45, 7) is 3.74. The molecule has 1 N–H and O–H groups in total. The van der Waals surface area contributed by atoms with Crippen molar-refractivity contribution in [1.82, 2.24) is 4.90 Å². The number of unbranched alkanes of at least 4 members (excludes halogenated alkanes) is 2. The Bertz CT molecular complexity index is 461. The SMILES string of the molecule is CCCCCN(CCO)C(=O)C1COc2ccccc2C1. The van der Waals surface area contributed by atoms with Crippen molar-refractivity contribution >= 4 is 5.91 Å². The first kappa shape index (κ1) is 15.8. The number of para-hydroxylation sites is 1. The van der Waals surface area contributed by atoms with Gasteiger partial charge in [-0.15, -0.1) is 0 Å². The number of carbonyl (C=O) groups excluding carboxylic acids is 1. The van der Waals surface area contributed by atoms with E-state index in [0.29, 0.717) is 13.2 Å². The maximum absolute atomic E-state index is 12.6. The summed E-state index contributed by atoms with van der Waals surface area (Å²) in [7, 11) is 0. The number of fused-ring (bicyclic) bond motifs is 1. The lowest BCUT2D eigenvalue weighted by molar-refractivity contribution is -0.137. The number of aliphatic hydroxyl groups excluding tert-OH is 1. The third-order valence-corrected chi connectivity index (χ3v) is 3.94. The van der Waals surface area contributed by atoms with Crippen LogP contribution in [0.3, 0.4) is 0 Å². The van der Waals surface area contributed by atoms with Crippen molar-refractivity contribution in [3.05, 3.63) is 29.8 Å². The Labute approximate surface area is 126 Å². The number of hydrogen-bond donors (Lipinski definition) is 1. The zero-order chi connectivity index (χ0) is 15.1. The van der Waals surface area contributed by atoms with Crippen LogP contribution in [0, 0.1) is 5.92 Å². The van der Waals surface area contributed by atoms with Crippen LogP contribution >= 0.6 is 0 Å². The van der Waals surface area contributed by atoms with E-state index in [1.54, 1.807) is 4.90 Å². The molecule has 1 aliphatic rings. The van der Waals surface area contributed by atoms with Crippen molar-refractivity contribution in [3.8, 4) is 5.75 Å². The predicted octanol–water partition coefficient (Wildman–Crippen LogP) is 2.25. The molecule has 1 aromatic rings. The minimum Gasteiger partial charge on any atom is -0.492 e. The highest BCUT2D eigenvalue weighted by molar-refractivity contribution is 5.79. The van der Waals surface area contributed by atoms with Gasteiger partial charge in [0.1, 0.15) is 12.4 Å². The fourth-order valence-corrected chi connectivity index (χ4v) is 2.75. The second-order valence-electron chi connectivity index (χ2n) is 5.58. The molecule has 1 atom stereocenters. The highest BCUT2D eigenvalue weighted by Crippen LogP contribution is 2.27. The van der Waals surface area contributed by atoms with Gasteiger partial charge in [0.05, 0.1) is 12.5 Å². The third-order valence-electron chi connectivity index (χ3n) is 3.94. The van der Waals surface area contributed by atoms with Gasteiger partial charge in [-0.3, -0.25) is 4.79 Å². The van der Waals surface area contributed by atoms with Crippen molar-refractivity contribution in [3.63, 3.8) is 0 Å². The van der Waals surface area contributed by atoms with Gasteiger partial charge in [0.2, 0.25) is 5.91 Å². The Morgan fingerprint density at radius 2 is 2.14 bits per heavy atom. The van der Waals surface area contributed by atoms with Crippen LogP contribution in [0.2, 0.25) is 0 Å².